The average molecular weight is 297 g/mol. The summed E-state index contributed by atoms with van der Waals surface area (Å²) in [6, 6.07) is 7.58. The van der Waals surface area contributed by atoms with Crippen LogP contribution in [0.1, 0.15) is 5.69 Å². The number of pyridine rings is 1. The van der Waals surface area contributed by atoms with Crippen molar-refractivity contribution in [3.8, 4) is 11.4 Å². The summed E-state index contributed by atoms with van der Waals surface area (Å²) in [6.07, 6.45) is 3.53. The van der Waals surface area contributed by atoms with Gasteiger partial charge in [-0.3, -0.25) is 14.5 Å². The molecule has 0 aromatic carbocycles. The van der Waals surface area contributed by atoms with Gasteiger partial charge in [0.05, 0.1) is 17.1 Å². The van der Waals surface area contributed by atoms with E-state index in [9.17, 15) is 4.79 Å². The molecule has 3 aromatic heterocycles. The maximum atomic E-state index is 11.6. The molecule has 7 nitrogen and oxygen atoms in total. The second-order valence-corrected chi connectivity index (χ2v) is 4.72. The molecule has 3 aromatic rings. The molecular formula is C15H15N5O2. The molecule has 0 aliphatic heterocycles. The fourth-order valence-electron chi connectivity index (χ4n) is 2.26. The Kier molecular flexibility index (Phi) is 3.80. The lowest BCUT2D eigenvalue weighted by molar-refractivity contribution is -0.119. The number of aryl methyl sites for hydroxylation is 1. The van der Waals surface area contributed by atoms with E-state index in [0.29, 0.717) is 5.69 Å². The van der Waals surface area contributed by atoms with Crippen LogP contribution in [-0.2, 0) is 9.53 Å². The molecule has 0 saturated heterocycles. The number of fused-ring (bicyclic) bond motifs is 1. The van der Waals surface area contributed by atoms with E-state index in [4.69, 9.17) is 4.74 Å². The first-order valence-electron chi connectivity index (χ1n) is 6.75. The molecule has 22 heavy (non-hydrogen) atoms. The number of aromatic nitrogens is 4. The maximum absolute atomic E-state index is 11.6. The maximum Gasteiger partial charge on any atom is 0.252 e. The summed E-state index contributed by atoms with van der Waals surface area (Å²) >= 11 is 0. The summed E-state index contributed by atoms with van der Waals surface area (Å²) in [4.78, 5) is 24.5. The van der Waals surface area contributed by atoms with Gasteiger partial charge in [-0.1, -0.05) is 6.07 Å². The molecule has 3 heterocycles. The van der Waals surface area contributed by atoms with Crippen molar-refractivity contribution in [3.63, 3.8) is 0 Å². The van der Waals surface area contributed by atoms with Gasteiger partial charge >= 0.3 is 0 Å². The molecule has 112 valence electrons. The molecule has 0 spiro atoms. The lowest BCUT2D eigenvalue weighted by Crippen LogP contribution is -2.18. The number of hydrogen-bond donors (Lipinski definition) is 1. The molecule has 1 amide bonds. The first kappa shape index (κ1) is 14.2. The van der Waals surface area contributed by atoms with Gasteiger partial charge in [-0.15, -0.1) is 0 Å². The highest BCUT2D eigenvalue weighted by Crippen LogP contribution is 2.23. The molecule has 0 radical (unpaired) electrons. The van der Waals surface area contributed by atoms with Gasteiger partial charge in [0.2, 0.25) is 5.95 Å². The second-order valence-electron chi connectivity index (χ2n) is 4.72. The summed E-state index contributed by atoms with van der Waals surface area (Å²) < 4.78 is 6.73. The van der Waals surface area contributed by atoms with Gasteiger partial charge < -0.3 is 4.74 Å². The zero-order valence-corrected chi connectivity index (χ0v) is 12.3. The van der Waals surface area contributed by atoms with Crippen LogP contribution in [0, 0.1) is 6.92 Å². The fourth-order valence-corrected chi connectivity index (χ4v) is 2.26. The van der Waals surface area contributed by atoms with Crippen LogP contribution in [0.15, 0.2) is 36.7 Å². The van der Waals surface area contributed by atoms with E-state index in [1.807, 2.05) is 35.7 Å². The van der Waals surface area contributed by atoms with Crippen molar-refractivity contribution in [3.05, 3.63) is 42.4 Å². The molecular weight excluding hydrogens is 282 g/mol. The van der Waals surface area contributed by atoms with Crippen molar-refractivity contribution in [2.75, 3.05) is 19.0 Å². The lowest BCUT2D eigenvalue weighted by atomic mass is 10.2. The number of methoxy groups -OCH3 is 1. The van der Waals surface area contributed by atoms with Crippen LogP contribution in [0.2, 0.25) is 0 Å². The van der Waals surface area contributed by atoms with Gasteiger partial charge in [0.25, 0.3) is 5.91 Å². The van der Waals surface area contributed by atoms with E-state index < -0.39 is 0 Å². The topological polar surface area (TPSA) is 81.4 Å². The van der Waals surface area contributed by atoms with Crippen LogP contribution >= 0.6 is 0 Å². The molecule has 0 atom stereocenters. The summed E-state index contributed by atoms with van der Waals surface area (Å²) in [6.45, 7) is 1.88. The van der Waals surface area contributed by atoms with E-state index in [1.54, 1.807) is 12.3 Å². The molecule has 3 rings (SSSR count). The Balaban J connectivity index is 2.01. The molecule has 0 aliphatic carbocycles. The number of carbonyl (C=O) groups excluding carboxylic acids is 1. The van der Waals surface area contributed by atoms with Crippen molar-refractivity contribution < 1.29 is 9.53 Å². The smallest absolute Gasteiger partial charge is 0.252 e. The third-order valence-electron chi connectivity index (χ3n) is 3.13. The van der Waals surface area contributed by atoms with Gasteiger partial charge in [0.15, 0.2) is 0 Å². The Hall–Kier alpha value is -2.80. The number of amides is 1. The number of anilines is 1. The number of rotatable bonds is 4. The quantitative estimate of drug-likeness (QED) is 0.792. The fraction of sp³-hybridized carbons (Fsp3) is 0.200. The van der Waals surface area contributed by atoms with Crippen LogP contribution in [0.5, 0.6) is 0 Å². The number of imidazole rings is 1. The molecule has 0 bridgehead atoms. The molecule has 1 N–H and O–H groups in total. The molecule has 0 fully saturated rings. The number of nitrogens with zero attached hydrogens (tertiary/aromatic N) is 4. The Labute approximate surface area is 127 Å². The van der Waals surface area contributed by atoms with E-state index >= 15 is 0 Å². The average Bonchev–Trinajstić information content (AvgIpc) is 2.83. The minimum absolute atomic E-state index is 0.0395. The van der Waals surface area contributed by atoms with E-state index in [2.05, 4.69) is 20.3 Å². The van der Waals surface area contributed by atoms with Gasteiger partial charge in [-0.2, -0.15) is 0 Å². The zero-order valence-electron chi connectivity index (χ0n) is 12.3. The first-order chi connectivity index (χ1) is 10.7. The van der Waals surface area contributed by atoms with Crippen molar-refractivity contribution in [2.45, 2.75) is 6.92 Å². The summed E-state index contributed by atoms with van der Waals surface area (Å²) in [5.41, 5.74) is 3.27. The Morgan fingerprint density at radius 1 is 1.32 bits per heavy atom. The Bertz CT molecular complexity index is 828. The zero-order chi connectivity index (χ0) is 15.5. The third-order valence-corrected chi connectivity index (χ3v) is 3.13. The lowest BCUT2D eigenvalue weighted by Gasteiger charge is -2.06. The highest BCUT2D eigenvalue weighted by Gasteiger charge is 2.13. The minimum Gasteiger partial charge on any atom is -0.375 e. The number of hydrogen-bond acceptors (Lipinski definition) is 5. The predicted molar refractivity (Wildman–Crippen MR) is 81.5 cm³/mol. The summed E-state index contributed by atoms with van der Waals surface area (Å²) in [5, 5.41) is 2.60. The monoisotopic (exact) mass is 297 g/mol. The normalized spacial score (nSPS) is 10.8. The molecule has 7 heteroatoms. The van der Waals surface area contributed by atoms with Crippen LogP contribution in [0.3, 0.4) is 0 Å². The summed E-state index contributed by atoms with van der Waals surface area (Å²) in [7, 11) is 1.46. The van der Waals surface area contributed by atoms with Crippen molar-refractivity contribution in [1.29, 1.82) is 0 Å². The van der Waals surface area contributed by atoms with E-state index in [1.165, 1.54) is 7.11 Å². The van der Waals surface area contributed by atoms with E-state index in [-0.39, 0.29) is 18.5 Å². The number of ether oxygens (including phenoxy) is 1. The SMILES string of the molecule is COCC(=O)Nc1nccc(-c2c(C)nc3ccccn23)n1. The van der Waals surface area contributed by atoms with Crippen molar-refractivity contribution in [2.24, 2.45) is 0 Å². The van der Waals surface area contributed by atoms with Crippen LogP contribution < -0.4 is 5.32 Å². The van der Waals surface area contributed by atoms with Gasteiger partial charge in [-0.05, 0) is 25.1 Å². The van der Waals surface area contributed by atoms with Gasteiger partial charge in [0, 0.05) is 19.5 Å². The standard InChI is InChI=1S/C15H15N5O2/c1-10-14(20-8-4-3-5-12(20)17-10)11-6-7-16-15(18-11)19-13(21)9-22-2/h3-8H,9H2,1-2H3,(H,16,18,19,21). The van der Waals surface area contributed by atoms with Crippen LogP contribution in [-0.4, -0.2) is 39.0 Å². The Morgan fingerprint density at radius 3 is 3.00 bits per heavy atom. The van der Waals surface area contributed by atoms with Gasteiger partial charge in [0.1, 0.15) is 12.3 Å². The molecule has 0 unspecified atom stereocenters. The predicted octanol–water partition coefficient (Wildman–Crippen LogP) is 1.68. The molecule has 0 aliphatic rings. The summed E-state index contributed by atoms with van der Waals surface area (Å²) in [5.74, 6) is -0.0562. The molecule has 0 saturated carbocycles. The highest BCUT2D eigenvalue weighted by atomic mass is 16.5. The number of nitrogens with one attached hydrogen (secondary N) is 1. The minimum atomic E-state index is -0.297. The van der Waals surface area contributed by atoms with Gasteiger partial charge in [-0.25, -0.2) is 15.0 Å². The second kappa shape index (κ2) is 5.90. The largest absolute Gasteiger partial charge is 0.375 e. The van der Waals surface area contributed by atoms with Crippen LogP contribution in [0.4, 0.5) is 5.95 Å². The third kappa shape index (κ3) is 2.66. The first-order valence-corrected chi connectivity index (χ1v) is 6.75. The van der Waals surface area contributed by atoms with Crippen LogP contribution in [0.25, 0.3) is 17.0 Å². The van der Waals surface area contributed by atoms with E-state index in [0.717, 1.165) is 17.0 Å². The number of carbonyl (C=O) groups is 1. The highest BCUT2D eigenvalue weighted by molar-refractivity contribution is 5.90. The van der Waals surface area contributed by atoms with Crippen molar-refractivity contribution >= 4 is 17.5 Å². The Morgan fingerprint density at radius 2 is 2.18 bits per heavy atom. The van der Waals surface area contributed by atoms with Crippen molar-refractivity contribution in [1.82, 2.24) is 19.4 Å².